The van der Waals surface area contributed by atoms with E-state index in [1.54, 1.807) is 0 Å². The molecule has 1 aliphatic heterocycles. The van der Waals surface area contributed by atoms with Crippen molar-refractivity contribution < 1.29 is 19.4 Å². The van der Waals surface area contributed by atoms with Crippen molar-refractivity contribution in [2.75, 3.05) is 0 Å². The fraction of sp³-hybridized carbons (Fsp3) is 0.529. The van der Waals surface area contributed by atoms with Crippen molar-refractivity contribution in [3.63, 3.8) is 0 Å². The number of thioether (sulfide) groups is 1. The van der Waals surface area contributed by atoms with Crippen LogP contribution >= 0.6 is 11.8 Å². The van der Waals surface area contributed by atoms with E-state index in [9.17, 15) is 9.59 Å². The number of carboxylic acids is 1. The molecule has 3 unspecified atom stereocenters. The molecule has 3 atom stereocenters. The van der Waals surface area contributed by atoms with Crippen LogP contribution in [0.25, 0.3) is 0 Å². The van der Waals surface area contributed by atoms with Gasteiger partial charge in [-0.1, -0.05) is 43.2 Å². The molecule has 6 nitrogen and oxygen atoms in total. The van der Waals surface area contributed by atoms with Gasteiger partial charge in [0, 0.05) is 4.75 Å². The highest BCUT2D eigenvalue weighted by atomic mass is 32.2. The number of hydrogen-bond donors (Lipinski definition) is 3. The summed E-state index contributed by atoms with van der Waals surface area (Å²) < 4.78 is 5.18. The standard InChI is InChI=1S/C17H22N2O4S/c18-12(15(20)21)14-19-13(17(24-14)8-4-5-9-17)16(22)23-10-11-6-2-1-3-7-11/h1-3,6-7,12-14,19H,4-5,8-10,18H2,(H,20,21). The molecule has 1 spiro atoms. The fourth-order valence-electron chi connectivity index (χ4n) is 3.45. The molecule has 2 fully saturated rings. The molecule has 1 saturated carbocycles. The van der Waals surface area contributed by atoms with Crippen LogP contribution in [0.3, 0.4) is 0 Å². The second kappa shape index (κ2) is 7.13. The van der Waals surface area contributed by atoms with Crippen molar-refractivity contribution in [2.45, 2.75) is 54.5 Å². The Hall–Kier alpha value is -1.57. The minimum Gasteiger partial charge on any atom is -0.480 e. The Morgan fingerprint density at radius 2 is 2.00 bits per heavy atom. The van der Waals surface area contributed by atoms with E-state index in [1.807, 2.05) is 30.3 Å². The Labute approximate surface area is 145 Å². The van der Waals surface area contributed by atoms with Crippen LogP contribution in [0.5, 0.6) is 0 Å². The Bertz CT molecular complexity index is 604. The third-order valence-electron chi connectivity index (χ3n) is 4.74. The first-order valence-electron chi connectivity index (χ1n) is 8.15. The number of nitrogens with two attached hydrogens (primary N) is 1. The van der Waals surface area contributed by atoms with Gasteiger partial charge in [-0.05, 0) is 18.4 Å². The summed E-state index contributed by atoms with van der Waals surface area (Å²) in [6.45, 7) is 0.217. The molecule has 1 aromatic carbocycles. The van der Waals surface area contributed by atoms with E-state index in [2.05, 4.69) is 5.32 Å². The smallest absolute Gasteiger partial charge is 0.324 e. The third-order valence-corrected chi connectivity index (χ3v) is 6.54. The lowest BCUT2D eigenvalue weighted by Gasteiger charge is -2.27. The lowest BCUT2D eigenvalue weighted by Crippen LogP contribution is -2.51. The summed E-state index contributed by atoms with van der Waals surface area (Å²) in [4.78, 5) is 23.8. The molecule has 0 amide bonds. The maximum Gasteiger partial charge on any atom is 0.324 e. The predicted octanol–water partition coefficient (Wildman–Crippen LogP) is 1.49. The van der Waals surface area contributed by atoms with Gasteiger partial charge in [0.25, 0.3) is 0 Å². The molecular weight excluding hydrogens is 328 g/mol. The first kappa shape index (κ1) is 17.3. The van der Waals surface area contributed by atoms with E-state index in [4.69, 9.17) is 15.6 Å². The lowest BCUT2D eigenvalue weighted by atomic mass is 9.97. The van der Waals surface area contributed by atoms with Gasteiger partial charge >= 0.3 is 11.9 Å². The normalized spacial score (nSPS) is 26.4. The van der Waals surface area contributed by atoms with Crippen LogP contribution in [0, 0.1) is 0 Å². The summed E-state index contributed by atoms with van der Waals surface area (Å²) in [5.74, 6) is -1.39. The quantitative estimate of drug-likeness (QED) is 0.692. The van der Waals surface area contributed by atoms with Crippen molar-refractivity contribution in [3.05, 3.63) is 35.9 Å². The zero-order valence-electron chi connectivity index (χ0n) is 13.3. The van der Waals surface area contributed by atoms with Crippen molar-refractivity contribution >= 4 is 23.7 Å². The number of ether oxygens (including phenoxy) is 1. The van der Waals surface area contributed by atoms with E-state index in [1.165, 1.54) is 11.8 Å². The number of carbonyl (C=O) groups is 2. The van der Waals surface area contributed by atoms with Crippen molar-refractivity contribution in [3.8, 4) is 0 Å². The number of carbonyl (C=O) groups excluding carboxylic acids is 1. The third kappa shape index (κ3) is 3.43. The van der Waals surface area contributed by atoms with Crippen molar-refractivity contribution in [1.29, 1.82) is 0 Å². The highest BCUT2D eigenvalue weighted by molar-refractivity contribution is 8.01. The molecule has 2 aliphatic rings. The van der Waals surface area contributed by atoms with E-state index in [0.717, 1.165) is 31.2 Å². The van der Waals surface area contributed by atoms with Gasteiger partial charge in [0.2, 0.25) is 0 Å². The summed E-state index contributed by atoms with van der Waals surface area (Å²) in [7, 11) is 0. The highest BCUT2D eigenvalue weighted by Crippen LogP contribution is 2.50. The van der Waals surface area contributed by atoms with Gasteiger partial charge in [-0.2, -0.15) is 0 Å². The van der Waals surface area contributed by atoms with Gasteiger partial charge < -0.3 is 15.6 Å². The molecule has 3 rings (SSSR count). The average Bonchev–Trinajstić information content (AvgIpc) is 3.21. The molecule has 4 N–H and O–H groups in total. The maximum absolute atomic E-state index is 12.6. The van der Waals surface area contributed by atoms with Crippen LogP contribution < -0.4 is 11.1 Å². The van der Waals surface area contributed by atoms with Gasteiger partial charge in [0.15, 0.2) is 0 Å². The topological polar surface area (TPSA) is 102 Å². The first-order chi connectivity index (χ1) is 11.5. The van der Waals surface area contributed by atoms with Gasteiger partial charge in [0.05, 0.1) is 5.37 Å². The second-order valence-corrected chi connectivity index (χ2v) is 7.92. The fourth-order valence-corrected chi connectivity index (χ4v) is 5.25. The number of nitrogens with one attached hydrogen (secondary N) is 1. The maximum atomic E-state index is 12.6. The minimum absolute atomic E-state index is 0.217. The number of carboxylic acid groups (broad SMARTS) is 1. The van der Waals surface area contributed by atoms with E-state index in [-0.39, 0.29) is 17.3 Å². The van der Waals surface area contributed by atoms with Crippen molar-refractivity contribution in [2.24, 2.45) is 5.73 Å². The summed E-state index contributed by atoms with van der Waals surface area (Å²) in [6, 6.07) is 7.95. The Kier molecular flexibility index (Phi) is 5.12. The summed E-state index contributed by atoms with van der Waals surface area (Å²) in [6.07, 6.45) is 3.82. The number of aliphatic carboxylic acids is 1. The number of esters is 1. The summed E-state index contributed by atoms with van der Waals surface area (Å²) in [5, 5.41) is 11.8. The Balaban J connectivity index is 1.69. The van der Waals surface area contributed by atoms with Crippen LogP contribution in [-0.2, 0) is 20.9 Å². The van der Waals surface area contributed by atoms with Crippen LogP contribution in [0.15, 0.2) is 30.3 Å². The Morgan fingerprint density at radius 3 is 2.62 bits per heavy atom. The van der Waals surface area contributed by atoms with Crippen LogP contribution in [0.4, 0.5) is 0 Å². The molecule has 1 aliphatic carbocycles. The van der Waals surface area contributed by atoms with E-state index in [0.29, 0.717) is 0 Å². The van der Waals surface area contributed by atoms with E-state index >= 15 is 0 Å². The van der Waals surface area contributed by atoms with Gasteiger partial charge in [-0.3, -0.25) is 14.9 Å². The number of benzene rings is 1. The first-order valence-corrected chi connectivity index (χ1v) is 9.03. The molecule has 0 radical (unpaired) electrons. The predicted molar refractivity (Wildman–Crippen MR) is 91.4 cm³/mol. The SMILES string of the molecule is NC(C(=O)O)C1NC(C(=O)OCc2ccccc2)C2(CCCC2)S1. The van der Waals surface area contributed by atoms with Crippen molar-refractivity contribution in [1.82, 2.24) is 5.32 Å². The molecule has 24 heavy (non-hydrogen) atoms. The summed E-state index contributed by atoms with van der Waals surface area (Å²) >= 11 is 1.50. The molecule has 0 aromatic heterocycles. The monoisotopic (exact) mass is 350 g/mol. The largest absolute Gasteiger partial charge is 0.480 e. The van der Waals surface area contributed by atoms with Gasteiger partial charge in [-0.25, -0.2) is 0 Å². The molecule has 1 saturated heterocycles. The molecule has 1 aromatic rings. The summed E-state index contributed by atoms with van der Waals surface area (Å²) in [5.41, 5.74) is 6.69. The lowest BCUT2D eigenvalue weighted by molar-refractivity contribution is -0.148. The zero-order chi connectivity index (χ0) is 17.2. The van der Waals surface area contributed by atoms with Gasteiger partial charge in [0.1, 0.15) is 18.7 Å². The van der Waals surface area contributed by atoms with Gasteiger partial charge in [-0.15, -0.1) is 11.8 Å². The molecule has 1 heterocycles. The Morgan fingerprint density at radius 1 is 1.33 bits per heavy atom. The molecular formula is C17H22N2O4S. The van der Waals surface area contributed by atoms with E-state index < -0.39 is 23.4 Å². The minimum atomic E-state index is -1.06. The van der Waals surface area contributed by atoms with Crippen LogP contribution in [0.1, 0.15) is 31.2 Å². The molecule has 0 bridgehead atoms. The number of hydrogen-bond acceptors (Lipinski definition) is 6. The number of rotatable bonds is 5. The average molecular weight is 350 g/mol. The zero-order valence-corrected chi connectivity index (χ0v) is 14.1. The second-order valence-electron chi connectivity index (χ2n) is 6.37. The molecule has 7 heteroatoms. The molecule has 130 valence electrons. The van der Waals surface area contributed by atoms with Crippen LogP contribution in [0.2, 0.25) is 0 Å². The van der Waals surface area contributed by atoms with Crippen LogP contribution in [-0.4, -0.2) is 39.2 Å². The highest BCUT2D eigenvalue weighted by Gasteiger charge is 2.55.